The summed E-state index contributed by atoms with van der Waals surface area (Å²) < 4.78 is 24.4. The average molecular weight is 119 g/mol. The van der Waals surface area contributed by atoms with Gasteiger partial charge in [0.25, 0.3) is 5.92 Å². The molecule has 46 valence electrons. The zero-order chi connectivity index (χ0) is 6.20. The highest BCUT2D eigenvalue weighted by atomic mass is 19.3. The molecular formula is C5H7F2N. The summed E-state index contributed by atoms with van der Waals surface area (Å²) in [7, 11) is 0. The summed E-state index contributed by atoms with van der Waals surface area (Å²) in [5.74, 6) is -2.65. The maximum absolute atomic E-state index is 12.2. The van der Waals surface area contributed by atoms with Gasteiger partial charge in [0.2, 0.25) is 0 Å². The topological polar surface area (TPSA) is 12.0 Å². The molecule has 1 saturated heterocycles. The SMILES string of the molecule is C=C1CNCC1(F)F. The first-order chi connectivity index (χ1) is 3.63. The van der Waals surface area contributed by atoms with Crippen LogP contribution in [0.5, 0.6) is 0 Å². The molecule has 0 amide bonds. The van der Waals surface area contributed by atoms with Gasteiger partial charge in [-0.05, 0) is 0 Å². The van der Waals surface area contributed by atoms with Crippen molar-refractivity contribution < 1.29 is 8.78 Å². The van der Waals surface area contributed by atoms with Crippen molar-refractivity contribution >= 4 is 0 Å². The zero-order valence-electron chi connectivity index (χ0n) is 4.38. The summed E-state index contributed by atoms with van der Waals surface area (Å²) in [5.41, 5.74) is -0.00231. The van der Waals surface area contributed by atoms with Crippen LogP contribution in [0.2, 0.25) is 0 Å². The van der Waals surface area contributed by atoms with E-state index >= 15 is 0 Å². The van der Waals surface area contributed by atoms with Gasteiger partial charge in [0.15, 0.2) is 0 Å². The van der Waals surface area contributed by atoms with Crippen LogP contribution in [0.3, 0.4) is 0 Å². The lowest BCUT2D eigenvalue weighted by Gasteiger charge is -2.05. The maximum Gasteiger partial charge on any atom is 0.282 e. The first kappa shape index (κ1) is 5.69. The van der Waals surface area contributed by atoms with Crippen LogP contribution < -0.4 is 5.32 Å². The van der Waals surface area contributed by atoms with Crippen LogP contribution in [-0.4, -0.2) is 19.0 Å². The smallest absolute Gasteiger partial charge is 0.282 e. The Balaban J connectivity index is 2.68. The lowest BCUT2D eigenvalue weighted by molar-refractivity contribution is 0.0631. The number of hydrogen-bond donors (Lipinski definition) is 1. The van der Waals surface area contributed by atoms with Crippen molar-refractivity contribution in [2.24, 2.45) is 0 Å². The van der Waals surface area contributed by atoms with Gasteiger partial charge in [0.05, 0.1) is 6.54 Å². The Morgan fingerprint density at radius 3 is 2.38 bits per heavy atom. The summed E-state index contributed by atoms with van der Waals surface area (Å²) in [5, 5.41) is 2.51. The highest BCUT2D eigenvalue weighted by molar-refractivity contribution is 5.15. The van der Waals surface area contributed by atoms with E-state index in [0.717, 1.165) is 0 Å². The minimum absolute atomic E-state index is 0.00231. The van der Waals surface area contributed by atoms with E-state index in [0.29, 0.717) is 0 Å². The van der Waals surface area contributed by atoms with Crippen molar-refractivity contribution in [2.75, 3.05) is 13.1 Å². The monoisotopic (exact) mass is 119 g/mol. The molecule has 1 nitrogen and oxygen atoms in total. The number of hydrogen-bond acceptors (Lipinski definition) is 1. The number of rotatable bonds is 0. The van der Waals surface area contributed by atoms with Crippen molar-refractivity contribution in [3.8, 4) is 0 Å². The van der Waals surface area contributed by atoms with E-state index < -0.39 is 5.92 Å². The molecule has 1 N–H and O–H groups in total. The van der Waals surface area contributed by atoms with Crippen molar-refractivity contribution in [3.63, 3.8) is 0 Å². The Hall–Kier alpha value is -0.440. The highest BCUT2D eigenvalue weighted by Gasteiger charge is 2.36. The summed E-state index contributed by atoms with van der Waals surface area (Å²) >= 11 is 0. The first-order valence-electron chi connectivity index (χ1n) is 2.40. The third-order valence-electron chi connectivity index (χ3n) is 1.20. The molecule has 0 spiro atoms. The van der Waals surface area contributed by atoms with Crippen molar-refractivity contribution in [1.29, 1.82) is 0 Å². The molecule has 1 rings (SSSR count). The second-order valence-electron chi connectivity index (χ2n) is 1.91. The van der Waals surface area contributed by atoms with Gasteiger partial charge in [-0.3, -0.25) is 0 Å². The summed E-state index contributed by atoms with van der Waals surface area (Å²) in [6.07, 6.45) is 0. The third-order valence-corrected chi connectivity index (χ3v) is 1.20. The molecule has 0 saturated carbocycles. The lowest BCUT2D eigenvalue weighted by Crippen LogP contribution is -2.20. The van der Waals surface area contributed by atoms with Gasteiger partial charge in [-0.15, -0.1) is 0 Å². The van der Waals surface area contributed by atoms with Gasteiger partial charge in [0, 0.05) is 12.1 Å². The van der Waals surface area contributed by atoms with E-state index in [-0.39, 0.29) is 18.7 Å². The molecule has 0 unspecified atom stereocenters. The van der Waals surface area contributed by atoms with Crippen molar-refractivity contribution in [2.45, 2.75) is 5.92 Å². The number of nitrogens with one attached hydrogen (secondary N) is 1. The molecule has 8 heavy (non-hydrogen) atoms. The van der Waals surface area contributed by atoms with Gasteiger partial charge in [-0.1, -0.05) is 6.58 Å². The van der Waals surface area contributed by atoms with Crippen molar-refractivity contribution in [1.82, 2.24) is 5.32 Å². The second kappa shape index (κ2) is 1.52. The predicted molar refractivity (Wildman–Crippen MR) is 27.0 cm³/mol. The van der Waals surface area contributed by atoms with Crippen LogP contribution in [0.15, 0.2) is 12.2 Å². The zero-order valence-corrected chi connectivity index (χ0v) is 4.38. The molecule has 3 heteroatoms. The fraction of sp³-hybridized carbons (Fsp3) is 0.600. The fourth-order valence-electron chi connectivity index (χ4n) is 0.625. The van der Waals surface area contributed by atoms with Crippen LogP contribution in [-0.2, 0) is 0 Å². The van der Waals surface area contributed by atoms with Gasteiger partial charge in [-0.2, -0.15) is 0 Å². The van der Waals surface area contributed by atoms with Gasteiger partial charge >= 0.3 is 0 Å². The van der Waals surface area contributed by atoms with Crippen LogP contribution in [0.4, 0.5) is 8.78 Å². The van der Waals surface area contributed by atoms with Crippen molar-refractivity contribution in [3.05, 3.63) is 12.2 Å². The lowest BCUT2D eigenvalue weighted by atomic mass is 10.2. The maximum atomic E-state index is 12.2. The Morgan fingerprint density at radius 1 is 1.62 bits per heavy atom. The van der Waals surface area contributed by atoms with E-state index in [1.54, 1.807) is 0 Å². The molecule has 1 aliphatic rings. The molecule has 0 radical (unpaired) electrons. The Kier molecular flexibility index (Phi) is 1.08. The summed E-state index contributed by atoms with van der Waals surface area (Å²) in [4.78, 5) is 0. The molecule has 0 aromatic rings. The predicted octanol–water partition coefficient (Wildman–Crippen LogP) is 0.781. The second-order valence-corrected chi connectivity index (χ2v) is 1.91. The Labute approximate surface area is 46.4 Å². The van der Waals surface area contributed by atoms with E-state index in [2.05, 4.69) is 11.9 Å². The third kappa shape index (κ3) is 0.733. The first-order valence-corrected chi connectivity index (χ1v) is 2.40. The fourth-order valence-corrected chi connectivity index (χ4v) is 0.625. The average Bonchev–Trinajstić information content (AvgIpc) is 1.86. The molecule has 1 fully saturated rings. The van der Waals surface area contributed by atoms with Crippen LogP contribution in [0, 0.1) is 0 Å². The molecule has 0 atom stereocenters. The van der Waals surface area contributed by atoms with Gasteiger partial charge < -0.3 is 5.32 Å². The van der Waals surface area contributed by atoms with E-state index in [9.17, 15) is 8.78 Å². The quantitative estimate of drug-likeness (QED) is 0.465. The highest BCUT2D eigenvalue weighted by Crippen LogP contribution is 2.24. The summed E-state index contributed by atoms with van der Waals surface area (Å²) in [6, 6.07) is 0. The van der Waals surface area contributed by atoms with E-state index in [1.165, 1.54) is 0 Å². The Morgan fingerprint density at radius 2 is 2.25 bits per heavy atom. The molecule has 0 aliphatic carbocycles. The summed E-state index contributed by atoms with van der Waals surface area (Å²) in [6.45, 7) is 3.21. The van der Waals surface area contributed by atoms with Crippen LogP contribution in [0.1, 0.15) is 0 Å². The molecule has 0 aromatic heterocycles. The molecule has 0 aromatic carbocycles. The van der Waals surface area contributed by atoms with Crippen LogP contribution >= 0.6 is 0 Å². The number of alkyl halides is 2. The molecular weight excluding hydrogens is 112 g/mol. The van der Waals surface area contributed by atoms with Crippen LogP contribution in [0.25, 0.3) is 0 Å². The molecule has 1 heterocycles. The van der Waals surface area contributed by atoms with Gasteiger partial charge in [0.1, 0.15) is 0 Å². The van der Waals surface area contributed by atoms with E-state index in [1.807, 2.05) is 0 Å². The molecule has 1 aliphatic heterocycles. The minimum atomic E-state index is -2.65. The largest absolute Gasteiger partial charge is 0.307 e. The van der Waals surface area contributed by atoms with E-state index in [4.69, 9.17) is 0 Å². The minimum Gasteiger partial charge on any atom is -0.307 e. The Bertz CT molecular complexity index is 120. The number of halogens is 2. The van der Waals surface area contributed by atoms with Gasteiger partial charge in [-0.25, -0.2) is 8.78 Å². The standard InChI is InChI=1S/C5H7F2N/c1-4-2-8-3-5(4,6)7/h8H,1-3H2. The molecule has 0 bridgehead atoms. The normalized spacial score (nSPS) is 26.5.